The van der Waals surface area contributed by atoms with Crippen molar-refractivity contribution in [3.05, 3.63) is 77.8 Å². The molecule has 0 aliphatic rings. The smallest absolute Gasteiger partial charge is 0.158 e. The Morgan fingerprint density at radius 3 is 2.57 bits per heavy atom. The normalized spacial score (nSPS) is 12.3. The summed E-state index contributed by atoms with van der Waals surface area (Å²) >= 11 is 0. The molecule has 0 unspecified atom stereocenters. The number of benzene rings is 1. The van der Waals surface area contributed by atoms with Gasteiger partial charge in [0.05, 0.1) is 11.8 Å². The molecular weight excluding hydrogens is 288 g/mol. The van der Waals surface area contributed by atoms with Crippen LogP contribution >= 0.6 is 0 Å². The van der Waals surface area contributed by atoms with Crippen LogP contribution in [-0.4, -0.2) is 10.1 Å². The van der Waals surface area contributed by atoms with Gasteiger partial charge in [-0.25, -0.2) is 0 Å². The Labute approximate surface area is 135 Å². The summed E-state index contributed by atoms with van der Waals surface area (Å²) in [5, 5.41) is 11.7. The van der Waals surface area contributed by atoms with E-state index in [1.165, 1.54) is 0 Å². The van der Waals surface area contributed by atoms with Crippen LogP contribution in [0.5, 0.6) is 0 Å². The highest BCUT2D eigenvalue weighted by molar-refractivity contribution is 5.58. The van der Waals surface area contributed by atoms with Crippen LogP contribution < -0.4 is 5.32 Å². The molecule has 3 rings (SSSR count). The number of quaternary nitrogens is 1. The van der Waals surface area contributed by atoms with Crippen LogP contribution in [0, 0.1) is 0 Å². The van der Waals surface area contributed by atoms with Crippen LogP contribution in [0.15, 0.2) is 65.2 Å². The largest absolute Gasteiger partial charge is 0.455 e. The number of hydrogen-bond donors (Lipinski definition) is 2. The van der Waals surface area contributed by atoms with Gasteiger partial charge in [-0.2, -0.15) is 0 Å². The maximum absolute atomic E-state index is 9.55. The topological polar surface area (TPSA) is 62.9 Å². The predicted molar refractivity (Wildman–Crippen MR) is 88.3 cm³/mol. The van der Waals surface area contributed by atoms with Gasteiger partial charge in [-0.15, -0.1) is 0 Å². The van der Waals surface area contributed by atoms with Gasteiger partial charge in [0.25, 0.3) is 0 Å². The quantitative estimate of drug-likeness (QED) is 0.736. The Kier molecular flexibility index (Phi) is 4.86. The molecule has 118 valence electrons. The lowest BCUT2D eigenvalue weighted by Gasteiger charge is -2.04. The summed E-state index contributed by atoms with van der Waals surface area (Å²) in [6.45, 7) is 3.37. The summed E-state index contributed by atoms with van der Waals surface area (Å²) in [4.78, 5) is 4.30. The zero-order chi connectivity index (χ0) is 16.1. The van der Waals surface area contributed by atoms with Crippen molar-refractivity contribution in [1.82, 2.24) is 4.98 Å². The molecule has 0 fully saturated rings. The lowest BCUT2D eigenvalue weighted by atomic mass is 10.1. The fraction of sp³-hybridized carbons (Fsp3) is 0.211. The van der Waals surface area contributed by atoms with Crippen molar-refractivity contribution in [3.63, 3.8) is 0 Å². The van der Waals surface area contributed by atoms with E-state index >= 15 is 0 Å². The minimum atomic E-state index is -0.447. The van der Waals surface area contributed by atoms with E-state index in [0.717, 1.165) is 41.4 Å². The maximum atomic E-state index is 9.55. The van der Waals surface area contributed by atoms with E-state index in [0.29, 0.717) is 0 Å². The molecule has 2 heterocycles. The fourth-order valence-corrected chi connectivity index (χ4v) is 2.45. The van der Waals surface area contributed by atoms with Crippen LogP contribution in [0.1, 0.15) is 30.0 Å². The Balaban J connectivity index is 1.59. The summed E-state index contributed by atoms with van der Waals surface area (Å²) < 4.78 is 5.89. The maximum Gasteiger partial charge on any atom is 0.158 e. The zero-order valence-corrected chi connectivity index (χ0v) is 13.1. The number of hydrogen-bond acceptors (Lipinski definition) is 3. The lowest BCUT2D eigenvalue weighted by Crippen LogP contribution is -2.80. The van der Waals surface area contributed by atoms with Gasteiger partial charge in [0.15, 0.2) is 5.76 Å². The average molecular weight is 309 g/mol. The van der Waals surface area contributed by atoms with Crippen molar-refractivity contribution in [2.24, 2.45) is 0 Å². The third kappa shape index (κ3) is 4.06. The van der Waals surface area contributed by atoms with Crippen LogP contribution in [0.4, 0.5) is 0 Å². The predicted octanol–water partition coefficient (Wildman–Crippen LogP) is 2.66. The van der Waals surface area contributed by atoms with Crippen molar-refractivity contribution in [3.8, 4) is 11.3 Å². The molecular formula is C19H21N2O2+. The fourth-order valence-electron chi connectivity index (χ4n) is 2.45. The SMILES string of the molecule is C[C@H](O)c1ccc(-c2ccc(C[NH2+]Cc3ccccn3)o2)cc1. The zero-order valence-electron chi connectivity index (χ0n) is 13.1. The highest BCUT2D eigenvalue weighted by Gasteiger charge is 2.07. The second kappa shape index (κ2) is 7.22. The molecule has 0 radical (unpaired) electrons. The molecule has 0 bridgehead atoms. The Morgan fingerprint density at radius 2 is 1.87 bits per heavy atom. The molecule has 4 heteroatoms. The Hall–Kier alpha value is -2.43. The van der Waals surface area contributed by atoms with Gasteiger partial charge in [0.1, 0.15) is 18.8 Å². The molecule has 23 heavy (non-hydrogen) atoms. The number of nitrogens with zero attached hydrogens (tertiary/aromatic N) is 1. The molecule has 1 atom stereocenters. The molecule has 3 N–H and O–H groups in total. The first-order chi connectivity index (χ1) is 11.2. The van der Waals surface area contributed by atoms with Gasteiger partial charge < -0.3 is 14.8 Å². The van der Waals surface area contributed by atoms with Crippen molar-refractivity contribution in [1.29, 1.82) is 0 Å². The van der Waals surface area contributed by atoms with Gasteiger partial charge in [-0.3, -0.25) is 4.98 Å². The van der Waals surface area contributed by atoms with Crippen molar-refractivity contribution < 1.29 is 14.8 Å². The molecule has 4 nitrogen and oxygen atoms in total. The minimum Gasteiger partial charge on any atom is -0.455 e. The van der Waals surface area contributed by atoms with Gasteiger partial charge in [0, 0.05) is 11.8 Å². The van der Waals surface area contributed by atoms with E-state index in [2.05, 4.69) is 10.3 Å². The number of pyridine rings is 1. The first-order valence-corrected chi connectivity index (χ1v) is 7.81. The first-order valence-electron chi connectivity index (χ1n) is 7.81. The van der Waals surface area contributed by atoms with E-state index in [-0.39, 0.29) is 0 Å². The van der Waals surface area contributed by atoms with E-state index in [1.807, 2.05) is 60.8 Å². The lowest BCUT2D eigenvalue weighted by molar-refractivity contribution is -0.688. The van der Waals surface area contributed by atoms with Crippen LogP contribution in [0.3, 0.4) is 0 Å². The van der Waals surface area contributed by atoms with Crippen LogP contribution in [-0.2, 0) is 13.1 Å². The molecule has 0 spiro atoms. The molecule has 0 aliphatic carbocycles. The number of furan rings is 1. The second-order valence-electron chi connectivity index (χ2n) is 5.58. The summed E-state index contributed by atoms with van der Waals surface area (Å²) in [7, 11) is 0. The van der Waals surface area contributed by atoms with Crippen molar-refractivity contribution in [2.45, 2.75) is 26.1 Å². The van der Waals surface area contributed by atoms with E-state index in [9.17, 15) is 5.11 Å². The molecule has 0 amide bonds. The number of aliphatic hydroxyl groups excluding tert-OH is 1. The molecule has 1 aromatic carbocycles. The molecule has 2 aromatic heterocycles. The third-order valence-corrected chi connectivity index (χ3v) is 3.76. The highest BCUT2D eigenvalue weighted by atomic mass is 16.3. The monoisotopic (exact) mass is 309 g/mol. The Bertz CT molecular complexity index is 734. The van der Waals surface area contributed by atoms with Gasteiger partial charge >= 0.3 is 0 Å². The van der Waals surface area contributed by atoms with Gasteiger partial charge in [0.2, 0.25) is 0 Å². The van der Waals surface area contributed by atoms with Crippen molar-refractivity contribution in [2.75, 3.05) is 0 Å². The molecule has 0 saturated carbocycles. The van der Waals surface area contributed by atoms with Gasteiger partial charge in [-0.05, 0) is 36.8 Å². The number of nitrogens with two attached hydrogens (primary N) is 1. The van der Waals surface area contributed by atoms with Crippen LogP contribution in [0.2, 0.25) is 0 Å². The molecule has 0 aliphatic heterocycles. The Morgan fingerprint density at radius 1 is 1.04 bits per heavy atom. The van der Waals surface area contributed by atoms with Crippen molar-refractivity contribution >= 4 is 0 Å². The first kappa shape index (κ1) is 15.5. The van der Waals surface area contributed by atoms with E-state index in [4.69, 9.17) is 4.42 Å². The third-order valence-electron chi connectivity index (χ3n) is 3.76. The second-order valence-corrected chi connectivity index (χ2v) is 5.58. The summed E-state index contributed by atoms with van der Waals surface area (Å²) in [5.74, 6) is 1.79. The molecule has 0 saturated heterocycles. The minimum absolute atomic E-state index is 0.447. The summed E-state index contributed by atoms with van der Waals surface area (Å²) in [5.41, 5.74) is 2.99. The van der Waals surface area contributed by atoms with E-state index < -0.39 is 6.10 Å². The average Bonchev–Trinajstić information content (AvgIpc) is 3.05. The number of aromatic nitrogens is 1. The summed E-state index contributed by atoms with van der Waals surface area (Å²) in [6.07, 6.45) is 1.36. The number of aliphatic hydroxyl groups is 1. The van der Waals surface area contributed by atoms with E-state index in [1.54, 1.807) is 6.92 Å². The standard InChI is InChI=1S/C19H20N2O2/c1-14(22)15-5-7-16(8-6-15)19-10-9-18(23-19)13-20-12-17-4-2-3-11-21-17/h2-11,14,20,22H,12-13H2,1H3/p+1/t14-/m0/s1. The summed E-state index contributed by atoms with van der Waals surface area (Å²) in [6, 6.07) is 17.7. The highest BCUT2D eigenvalue weighted by Crippen LogP contribution is 2.23. The number of rotatable bonds is 6. The van der Waals surface area contributed by atoms with Crippen LogP contribution in [0.25, 0.3) is 11.3 Å². The molecule has 3 aromatic rings. The van der Waals surface area contributed by atoms with Gasteiger partial charge in [-0.1, -0.05) is 30.3 Å².